The SMILES string of the molecule is C=C1C[C@@H](c2ncc(-c3ccc(C#Cc4ccc5nc([C@@H]6C[C@@]7(CCCO7)CN6C(=O)CC(C)(C)C)[nH]c5c4)cc3)[nH]2)N(C(=O)OC(C)(C)C)C1. The molecule has 3 fully saturated rings. The van der Waals surface area contributed by atoms with Crippen LogP contribution in [0, 0.1) is 17.3 Å². The second kappa shape index (κ2) is 13.0. The molecule has 0 aliphatic carbocycles. The molecule has 10 heteroatoms. The average molecular weight is 689 g/mol. The van der Waals surface area contributed by atoms with E-state index < -0.39 is 5.60 Å². The summed E-state index contributed by atoms with van der Waals surface area (Å²) in [6.07, 6.45) is 5.30. The lowest BCUT2D eigenvalue weighted by atomic mass is 9.91. The van der Waals surface area contributed by atoms with E-state index in [1.807, 2.05) is 68.1 Å². The molecule has 5 heterocycles. The van der Waals surface area contributed by atoms with Crippen molar-refractivity contribution in [3.8, 4) is 23.1 Å². The number of hydrogen-bond acceptors (Lipinski definition) is 6. The summed E-state index contributed by atoms with van der Waals surface area (Å²) in [7, 11) is 0. The average Bonchev–Trinajstić information content (AvgIpc) is 3.89. The Morgan fingerprint density at radius 2 is 1.75 bits per heavy atom. The second-order valence-corrected chi connectivity index (χ2v) is 16.6. The van der Waals surface area contributed by atoms with Crippen molar-refractivity contribution in [2.45, 2.75) is 96.9 Å². The summed E-state index contributed by atoms with van der Waals surface area (Å²) in [6, 6.07) is 13.6. The molecule has 3 aliphatic heterocycles. The third-order valence-electron chi connectivity index (χ3n) is 9.74. The number of fused-ring (bicyclic) bond motifs is 1. The quantitative estimate of drug-likeness (QED) is 0.167. The van der Waals surface area contributed by atoms with E-state index in [-0.39, 0.29) is 35.1 Å². The first-order chi connectivity index (χ1) is 24.1. The molecular formula is C41H48N6O4. The third-order valence-corrected chi connectivity index (χ3v) is 9.74. The minimum atomic E-state index is -0.583. The predicted octanol–water partition coefficient (Wildman–Crippen LogP) is 7.85. The van der Waals surface area contributed by atoms with E-state index >= 15 is 0 Å². The molecule has 4 aromatic rings. The molecule has 2 aromatic heterocycles. The minimum Gasteiger partial charge on any atom is -0.444 e. The number of H-pyrrole nitrogens is 2. The summed E-state index contributed by atoms with van der Waals surface area (Å²) in [5.41, 5.74) is 5.34. The van der Waals surface area contributed by atoms with Crippen LogP contribution in [0.15, 0.2) is 60.8 Å². The minimum absolute atomic E-state index is 0.100. The number of ether oxygens (including phenoxy) is 2. The van der Waals surface area contributed by atoms with Crippen LogP contribution in [0.25, 0.3) is 22.3 Å². The van der Waals surface area contributed by atoms with E-state index in [0.29, 0.717) is 31.8 Å². The van der Waals surface area contributed by atoms with Gasteiger partial charge in [0.2, 0.25) is 5.91 Å². The van der Waals surface area contributed by atoms with Crippen LogP contribution in [0.1, 0.15) is 109 Å². The van der Waals surface area contributed by atoms with Crippen molar-refractivity contribution in [1.29, 1.82) is 0 Å². The molecule has 3 saturated heterocycles. The van der Waals surface area contributed by atoms with Crippen LogP contribution in [0.5, 0.6) is 0 Å². The van der Waals surface area contributed by atoms with E-state index in [1.54, 1.807) is 11.1 Å². The Kier molecular flexibility index (Phi) is 8.83. The molecule has 2 aromatic carbocycles. The number of aromatic amines is 2. The van der Waals surface area contributed by atoms with Gasteiger partial charge in [0.15, 0.2) is 0 Å². The van der Waals surface area contributed by atoms with E-state index in [1.165, 1.54) is 0 Å². The number of benzene rings is 2. The maximum Gasteiger partial charge on any atom is 0.411 e. The molecular weight excluding hydrogens is 640 g/mol. The zero-order chi connectivity index (χ0) is 36.1. The molecule has 3 atom stereocenters. The molecule has 266 valence electrons. The zero-order valence-corrected chi connectivity index (χ0v) is 30.6. The van der Waals surface area contributed by atoms with Gasteiger partial charge in [-0.2, -0.15) is 0 Å². The predicted molar refractivity (Wildman–Crippen MR) is 197 cm³/mol. The molecule has 2 N–H and O–H groups in total. The van der Waals surface area contributed by atoms with Gasteiger partial charge < -0.3 is 24.3 Å². The number of nitrogens with zero attached hydrogens (tertiary/aromatic N) is 4. The number of carbonyl (C=O) groups is 2. The number of rotatable bonds is 4. The molecule has 7 rings (SSSR count). The lowest BCUT2D eigenvalue weighted by molar-refractivity contribution is -0.135. The highest BCUT2D eigenvalue weighted by atomic mass is 16.6. The van der Waals surface area contributed by atoms with Gasteiger partial charge >= 0.3 is 6.09 Å². The Bertz CT molecular complexity index is 2030. The van der Waals surface area contributed by atoms with E-state index in [9.17, 15) is 9.59 Å². The van der Waals surface area contributed by atoms with E-state index in [4.69, 9.17) is 14.5 Å². The molecule has 1 spiro atoms. The normalized spacial score (nSPS) is 22.2. The Hall–Kier alpha value is -4.88. The monoisotopic (exact) mass is 688 g/mol. The molecule has 0 radical (unpaired) electrons. The smallest absolute Gasteiger partial charge is 0.411 e. The van der Waals surface area contributed by atoms with Crippen LogP contribution in [0.4, 0.5) is 4.79 Å². The van der Waals surface area contributed by atoms with Crippen molar-refractivity contribution in [1.82, 2.24) is 29.7 Å². The first kappa shape index (κ1) is 34.6. The lowest BCUT2D eigenvalue weighted by Crippen LogP contribution is -2.37. The number of aromatic nitrogens is 4. The fourth-order valence-electron chi connectivity index (χ4n) is 7.40. The molecule has 0 saturated carbocycles. The maximum absolute atomic E-state index is 13.5. The van der Waals surface area contributed by atoms with Gasteiger partial charge in [0.25, 0.3) is 0 Å². The molecule has 0 unspecified atom stereocenters. The second-order valence-electron chi connectivity index (χ2n) is 16.6. The van der Waals surface area contributed by atoms with Crippen LogP contribution in [0.3, 0.4) is 0 Å². The van der Waals surface area contributed by atoms with Gasteiger partial charge in [-0.25, -0.2) is 14.8 Å². The number of amides is 2. The Morgan fingerprint density at radius 3 is 2.45 bits per heavy atom. The van der Waals surface area contributed by atoms with Gasteiger partial charge in [0.05, 0.1) is 47.2 Å². The fraction of sp³-hybridized carbons (Fsp3) is 0.463. The largest absolute Gasteiger partial charge is 0.444 e. The molecule has 10 nitrogen and oxygen atoms in total. The summed E-state index contributed by atoms with van der Waals surface area (Å²) >= 11 is 0. The van der Waals surface area contributed by atoms with Gasteiger partial charge in [-0.3, -0.25) is 9.69 Å². The van der Waals surface area contributed by atoms with Gasteiger partial charge in [-0.1, -0.05) is 56.9 Å². The zero-order valence-electron chi connectivity index (χ0n) is 30.6. The highest BCUT2D eigenvalue weighted by Crippen LogP contribution is 2.45. The Morgan fingerprint density at radius 1 is 1.00 bits per heavy atom. The summed E-state index contributed by atoms with van der Waals surface area (Å²) in [5.74, 6) is 8.25. The molecule has 3 aliphatic rings. The first-order valence-electron chi connectivity index (χ1n) is 17.9. The van der Waals surface area contributed by atoms with E-state index in [0.717, 1.165) is 70.7 Å². The number of nitrogens with one attached hydrogen (secondary N) is 2. The number of hydrogen-bond donors (Lipinski definition) is 2. The highest BCUT2D eigenvalue weighted by molar-refractivity contribution is 5.79. The van der Waals surface area contributed by atoms with Crippen molar-refractivity contribution >= 4 is 23.0 Å². The van der Waals surface area contributed by atoms with Crippen molar-refractivity contribution in [2.24, 2.45) is 5.41 Å². The van der Waals surface area contributed by atoms with Gasteiger partial charge in [-0.15, -0.1) is 0 Å². The maximum atomic E-state index is 13.5. The van der Waals surface area contributed by atoms with Gasteiger partial charge in [-0.05, 0) is 81.3 Å². The highest BCUT2D eigenvalue weighted by Gasteiger charge is 2.50. The van der Waals surface area contributed by atoms with Crippen LogP contribution >= 0.6 is 0 Å². The Labute approximate surface area is 300 Å². The molecule has 51 heavy (non-hydrogen) atoms. The van der Waals surface area contributed by atoms with Crippen molar-refractivity contribution in [3.05, 3.63) is 83.6 Å². The van der Waals surface area contributed by atoms with Crippen molar-refractivity contribution < 1.29 is 19.1 Å². The van der Waals surface area contributed by atoms with Crippen LogP contribution < -0.4 is 0 Å². The van der Waals surface area contributed by atoms with E-state index in [2.05, 4.69) is 54.1 Å². The van der Waals surface area contributed by atoms with Crippen LogP contribution in [-0.4, -0.2) is 72.6 Å². The summed E-state index contributed by atoms with van der Waals surface area (Å²) in [5, 5.41) is 0. The van der Waals surface area contributed by atoms with Crippen LogP contribution in [0.2, 0.25) is 0 Å². The van der Waals surface area contributed by atoms with Crippen molar-refractivity contribution in [2.75, 3.05) is 19.7 Å². The van der Waals surface area contributed by atoms with Gasteiger partial charge in [0.1, 0.15) is 17.2 Å². The number of likely N-dealkylation sites (tertiary alicyclic amines) is 2. The fourth-order valence-corrected chi connectivity index (χ4v) is 7.40. The Balaban J connectivity index is 1.05. The topological polar surface area (TPSA) is 116 Å². The summed E-state index contributed by atoms with van der Waals surface area (Å²) in [4.78, 5) is 46.6. The third kappa shape index (κ3) is 7.59. The lowest BCUT2D eigenvalue weighted by Gasteiger charge is -2.27. The van der Waals surface area contributed by atoms with Gasteiger partial charge in [0, 0.05) is 37.1 Å². The molecule has 0 bridgehead atoms. The summed E-state index contributed by atoms with van der Waals surface area (Å²) in [6.45, 7) is 17.8. The number of imidazole rings is 2. The summed E-state index contributed by atoms with van der Waals surface area (Å²) < 4.78 is 11.9. The number of carbonyl (C=O) groups excluding carboxylic acids is 2. The molecule has 2 amide bonds. The standard InChI is InChI=1S/C41H48N6O4/c1-26-19-33(46(24-26)38(49)51-40(5,6)7)36-42-23-32(45-36)29-14-11-27(12-15-29)9-10-28-13-16-30-31(20-28)44-37(43-30)34-21-41(17-8-18-50-41)25-47(34)35(48)22-39(2,3)4/h11-16,20,23,33-34H,1,8,17-19,21-22,24-25H2,2-7H3,(H,42,45)(H,43,44)/t33-,34-,41-/m0/s1. The first-order valence-corrected chi connectivity index (χ1v) is 17.9. The van der Waals surface area contributed by atoms with Crippen molar-refractivity contribution in [3.63, 3.8) is 0 Å². The van der Waals surface area contributed by atoms with Crippen LogP contribution in [-0.2, 0) is 14.3 Å².